The van der Waals surface area contributed by atoms with Crippen LogP contribution >= 0.6 is 11.6 Å². The van der Waals surface area contributed by atoms with Crippen LogP contribution in [0.2, 0.25) is 5.02 Å². The lowest BCUT2D eigenvalue weighted by Crippen LogP contribution is -2.38. The Morgan fingerprint density at radius 3 is 2.45 bits per heavy atom. The summed E-state index contributed by atoms with van der Waals surface area (Å²) in [6.07, 6.45) is -4.30. The number of amides is 1. The molecule has 1 atom stereocenters. The predicted molar refractivity (Wildman–Crippen MR) is 101 cm³/mol. The summed E-state index contributed by atoms with van der Waals surface area (Å²) < 4.78 is 43.6. The molecule has 9 heteroatoms. The number of alkyl halides is 3. The van der Waals surface area contributed by atoms with Crippen LogP contribution in [0.15, 0.2) is 60.8 Å². The number of rotatable bonds is 3. The number of benzene rings is 2. The molecule has 0 bridgehead atoms. The first-order chi connectivity index (χ1) is 13.8. The fourth-order valence-corrected chi connectivity index (χ4v) is 3.07. The van der Waals surface area contributed by atoms with Gasteiger partial charge in [-0.1, -0.05) is 35.9 Å². The van der Waals surface area contributed by atoms with Gasteiger partial charge in [-0.15, -0.1) is 0 Å². The number of aromatic nitrogens is 1. The van der Waals surface area contributed by atoms with Crippen LogP contribution in [-0.4, -0.2) is 10.9 Å². The molecule has 5 nitrogen and oxygen atoms in total. The molecule has 2 N–H and O–H groups in total. The highest BCUT2D eigenvalue weighted by atomic mass is 35.5. The summed E-state index contributed by atoms with van der Waals surface area (Å²) in [5.41, 5.74) is 1.10. The van der Waals surface area contributed by atoms with Crippen LogP contribution in [0.25, 0.3) is 0 Å². The first-order valence-electron chi connectivity index (χ1n) is 8.48. The zero-order chi connectivity index (χ0) is 20.6. The first kappa shape index (κ1) is 19.1. The summed E-state index contributed by atoms with van der Waals surface area (Å²) in [6.45, 7) is 0. The lowest BCUT2D eigenvalue weighted by molar-refractivity contribution is -0.137. The largest absolute Gasteiger partial charge is 0.438 e. The summed E-state index contributed by atoms with van der Waals surface area (Å²) in [4.78, 5) is 15.9. The predicted octanol–water partition coefficient (Wildman–Crippen LogP) is 5.40. The highest BCUT2D eigenvalue weighted by Gasteiger charge is 2.32. The molecule has 1 aliphatic rings. The molecule has 1 aromatic heterocycles. The Hall–Kier alpha value is -3.26. The average Bonchev–Trinajstić information content (AvgIpc) is 2.69. The number of hydrogen-bond acceptors (Lipinski definition) is 4. The van der Waals surface area contributed by atoms with Crippen molar-refractivity contribution in [3.05, 3.63) is 82.5 Å². The molecule has 0 radical (unpaired) electrons. The molecule has 1 amide bonds. The minimum absolute atomic E-state index is 0.134. The maximum Gasteiger partial charge on any atom is 0.417 e. The molecular formula is C20H13ClF3N3O2. The highest BCUT2D eigenvalue weighted by molar-refractivity contribution is 6.31. The minimum Gasteiger partial charge on any atom is -0.438 e. The molecule has 0 aliphatic carbocycles. The topological polar surface area (TPSA) is 63.2 Å². The number of pyridine rings is 1. The van der Waals surface area contributed by atoms with E-state index in [9.17, 15) is 18.0 Å². The van der Waals surface area contributed by atoms with Crippen LogP contribution in [0.3, 0.4) is 0 Å². The van der Waals surface area contributed by atoms with Crippen molar-refractivity contribution >= 4 is 23.2 Å². The quantitative estimate of drug-likeness (QED) is 0.596. The zero-order valence-electron chi connectivity index (χ0n) is 14.6. The van der Waals surface area contributed by atoms with Crippen LogP contribution in [-0.2, 0) is 6.18 Å². The molecule has 0 saturated carbocycles. The van der Waals surface area contributed by atoms with Gasteiger partial charge in [-0.05, 0) is 35.9 Å². The number of fused-ring (bicyclic) bond motifs is 1. The smallest absolute Gasteiger partial charge is 0.417 e. The molecule has 2 heterocycles. The van der Waals surface area contributed by atoms with Crippen molar-refractivity contribution in [1.29, 1.82) is 0 Å². The standard InChI is InChI=1S/C20H13ClF3N3O2/c21-15-9-12(20(22,23)24)10-25-19(15)29-13-7-5-11(6-8-13)17-26-16-4-2-1-3-14(16)18(28)27-17/h1-10,17,26H,(H,27,28). The molecule has 148 valence electrons. The molecule has 4 rings (SSSR count). The van der Waals surface area contributed by atoms with Gasteiger partial charge in [-0.25, -0.2) is 4.98 Å². The van der Waals surface area contributed by atoms with Gasteiger partial charge >= 0.3 is 6.18 Å². The Bertz CT molecular complexity index is 1070. The second kappa shape index (κ2) is 7.29. The van der Waals surface area contributed by atoms with E-state index >= 15 is 0 Å². The monoisotopic (exact) mass is 419 g/mol. The summed E-state index contributed by atoms with van der Waals surface area (Å²) in [5, 5.41) is 5.84. The third-order valence-electron chi connectivity index (χ3n) is 4.31. The van der Waals surface area contributed by atoms with E-state index in [-0.39, 0.29) is 16.8 Å². The Labute approximate surface area is 168 Å². The number of anilines is 1. The normalized spacial score (nSPS) is 15.9. The number of hydrogen-bond donors (Lipinski definition) is 2. The third-order valence-corrected chi connectivity index (χ3v) is 4.58. The van der Waals surface area contributed by atoms with Gasteiger partial charge in [0.25, 0.3) is 5.91 Å². The Kier molecular flexibility index (Phi) is 4.79. The zero-order valence-corrected chi connectivity index (χ0v) is 15.4. The second-order valence-corrected chi connectivity index (χ2v) is 6.68. The number of ether oxygens (including phenoxy) is 1. The molecule has 1 unspecified atom stereocenters. The number of nitrogens with one attached hydrogen (secondary N) is 2. The van der Waals surface area contributed by atoms with Crippen LogP contribution < -0.4 is 15.4 Å². The van der Waals surface area contributed by atoms with Gasteiger partial charge in [0.2, 0.25) is 5.88 Å². The highest BCUT2D eigenvalue weighted by Crippen LogP contribution is 2.35. The van der Waals surface area contributed by atoms with E-state index in [1.807, 2.05) is 12.1 Å². The second-order valence-electron chi connectivity index (χ2n) is 6.28. The van der Waals surface area contributed by atoms with Crippen molar-refractivity contribution < 1.29 is 22.7 Å². The van der Waals surface area contributed by atoms with E-state index in [2.05, 4.69) is 15.6 Å². The van der Waals surface area contributed by atoms with E-state index < -0.39 is 17.9 Å². The molecule has 0 spiro atoms. The maximum atomic E-state index is 12.7. The van der Waals surface area contributed by atoms with Crippen molar-refractivity contribution in [3.63, 3.8) is 0 Å². The summed E-state index contributed by atoms with van der Waals surface area (Å²) in [7, 11) is 0. The molecule has 2 aromatic carbocycles. The summed E-state index contributed by atoms with van der Waals surface area (Å²) in [5.74, 6) is 0.0151. The first-order valence-corrected chi connectivity index (χ1v) is 8.86. The SMILES string of the molecule is O=C1NC(c2ccc(Oc3ncc(C(F)(F)F)cc3Cl)cc2)Nc2ccccc21. The van der Waals surface area contributed by atoms with E-state index in [1.165, 1.54) is 0 Å². The number of halogens is 4. The van der Waals surface area contributed by atoms with E-state index in [4.69, 9.17) is 16.3 Å². The number of carbonyl (C=O) groups excluding carboxylic acids is 1. The van der Waals surface area contributed by atoms with Crippen molar-refractivity contribution in [1.82, 2.24) is 10.3 Å². The molecule has 1 aliphatic heterocycles. The van der Waals surface area contributed by atoms with Gasteiger partial charge in [0.1, 0.15) is 16.9 Å². The van der Waals surface area contributed by atoms with Gasteiger partial charge in [-0.2, -0.15) is 13.2 Å². The summed E-state index contributed by atoms with van der Waals surface area (Å²) >= 11 is 5.86. The van der Waals surface area contributed by atoms with Crippen molar-refractivity contribution in [3.8, 4) is 11.6 Å². The number of nitrogens with zero attached hydrogens (tertiary/aromatic N) is 1. The maximum absolute atomic E-state index is 12.7. The summed E-state index contributed by atoms with van der Waals surface area (Å²) in [6, 6.07) is 14.6. The fourth-order valence-electron chi connectivity index (χ4n) is 2.87. The Balaban J connectivity index is 1.50. The van der Waals surface area contributed by atoms with Crippen LogP contribution in [0.1, 0.15) is 27.7 Å². The fraction of sp³-hybridized carbons (Fsp3) is 0.100. The van der Waals surface area contributed by atoms with Gasteiger partial charge in [0.05, 0.1) is 11.1 Å². The van der Waals surface area contributed by atoms with Gasteiger partial charge in [-0.3, -0.25) is 4.79 Å². The number of para-hydroxylation sites is 1. The van der Waals surface area contributed by atoms with Crippen LogP contribution in [0.4, 0.5) is 18.9 Å². The Morgan fingerprint density at radius 2 is 1.76 bits per heavy atom. The lowest BCUT2D eigenvalue weighted by Gasteiger charge is -2.28. The van der Waals surface area contributed by atoms with Crippen molar-refractivity contribution in [2.24, 2.45) is 0 Å². The Morgan fingerprint density at radius 1 is 1.03 bits per heavy atom. The molecular weight excluding hydrogens is 407 g/mol. The van der Waals surface area contributed by atoms with E-state index in [0.717, 1.165) is 17.3 Å². The van der Waals surface area contributed by atoms with Crippen LogP contribution in [0, 0.1) is 0 Å². The molecule has 0 saturated heterocycles. The minimum atomic E-state index is -4.53. The van der Waals surface area contributed by atoms with Crippen LogP contribution in [0.5, 0.6) is 11.6 Å². The third kappa shape index (κ3) is 3.97. The van der Waals surface area contributed by atoms with Gasteiger partial charge < -0.3 is 15.4 Å². The van der Waals surface area contributed by atoms with Crippen molar-refractivity contribution in [2.75, 3.05) is 5.32 Å². The molecule has 3 aromatic rings. The molecule has 0 fully saturated rings. The average molecular weight is 420 g/mol. The van der Waals surface area contributed by atoms with Gasteiger partial charge in [0, 0.05) is 11.9 Å². The van der Waals surface area contributed by atoms with E-state index in [1.54, 1.807) is 36.4 Å². The van der Waals surface area contributed by atoms with E-state index in [0.29, 0.717) is 17.5 Å². The molecule has 29 heavy (non-hydrogen) atoms. The number of carbonyl (C=O) groups is 1. The van der Waals surface area contributed by atoms with Gasteiger partial charge in [0.15, 0.2) is 0 Å². The van der Waals surface area contributed by atoms with Crippen molar-refractivity contribution in [2.45, 2.75) is 12.3 Å². The lowest BCUT2D eigenvalue weighted by atomic mass is 10.1.